The summed E-state index contributed by atoms with van der Waals surface area (Å²) in [4.78, 5) is 4.97. The number of piperazine rings is 1. The van der Waals surface area contributed by atoms with E-state index in [9.17, 15) is 0 Å². The summed E-state index contributed by atoms with van der Waals surface area (Å²) in [6.45, 7) is 9.79. The van der Waals surface area contributed by atoms with E-state index in [-0.39, 0.29) is 5.84 Å². The van der Waals surface area contributed by atoms with E-state index in [4.69, 9.17) is 15.9 Å². The average Bonchev–Trinajstić information content (AvgIpc) is 2.47. The third-order valence-corrected chi connectivity index (χ3v) is 4.22. The molecule has 116 valence electrons. The first-order valence-corrected chi connectivity index (χ1v) is 7.52. The van der Waals surface area contributed by atoms with Crippen LogP contribution >= 0.6 is 0 Å². The van der Waals surface area contributed by atoms with Crippen molar-refractivity contribution in [1.82, 2.24) is 9.80 Å². The number of benzene rings is 1. The molecule has 0 aliphatic carbocycles. The SMILES string of the molecule is CCN1CCN(Cc2ccc(OC)c(C(=N)N)c2)CC1C. The lowest BCUT2D eigenvalue weighted by Gasteiger charge is -2.39. The van der Waals surface area contributed by atoms with Crippen molar-refractivity contribution in [2.75, 3.05) is 33.3 Å². The maximum Gasteiger partial charge on any atom is 0.129 e. The Labute approximate surface area is 127 Å². The van der Waals surface area contributed by atoms with Crippen LogP contribution in [0.2, 0.25) is 0 Å². The van der Waals surface area contributed by atoms with E-state index in [0.29, 0.717) is 17.4 Å². The summed E-state index contributed by atoms with van der Waals surface area (Å²) in [6, 6.07) is 6.52. The zero-order chi connectivity index (χ0) is 15.4. The number of ether oxygens (including phenoxy) is 1. The summed E-state index contributed by atoms with van der Waals surface area (Å²) in [5, 5.41) is 7.66. The van der Waals surface area contributed by atoms with E-state index in [1.807, 2.05) is 12.1 Å². The summed E-state index contributed by atoms with van der Waals surface area (Å²) in [5.41, 5.74) is 7.49. The molecular weight excluding hydrogens is 264 g/mol. The Kier molecular flexibility index (Phi) is 5.20. The minimum atomic E-state index is 0.0536. The molecule has 0 bridgehead atoms. The van der Waals surface area contributed by atoms with Gasteiger partial charge in [0.05, 0.1) is 12.7 Å². The third kappa shape index (κ3) is 3.74. The van der Waals surface area contributed by atoms with Crippen LogP contribution < -0.4 is 10.5 Å². The Morgan fingerprint density at radius 1 is 1.43 bits per heavy atom. The Hall–Kier alpha value is -1.59. The van der Waals surface area contributed by atoms with Crippen molar-refractivity contribution in [3.8, 4) is 5.75 Å². The average molecular weight is 290 g/mol. The molecule has 0 radical (unpaired) electrons. The van der Waals surface area contributed by atoms with Crippen LogP contribution in [0, 0.1) is 5.41 Å². The zero-order valence-corrected chi connectivity index (χ0v) is 13.2. The van der Waals surface area contributed by atoms with Gasteiger partial charge in [-0.15, -0.1) is 0 Å². The lowest BCUT2D eigenvalue weighted by molar-refractivity contribution is 0.0834. The van der Waals surface area contributed by atoms with Crippen LogP contribution in [0.4, 0.5) is 0 Å². The number of likely N-dealkylation sites (N-methyl/N-ethyl adjacent to an activating group) is 1. The summed E-state index contributed by atoms with van der Waals surface area (Å²) in [7, 11) is 1.60. The highest BCUT2D eigenvalue weighted by atomic mass is 16.5. The van der Waals surface area contributed by atoms with Crippen molar-refractivity contribution in [1.29, 1.82) is 5.41 Å². The minimum Gasteiger partial charge on any atom is -0.496 e. The van der Waals surface area contributed by atoms with Gasteiger partial charge in [-0.1, -0.05) is 13.0 Å². The van der Waals surface area contributed by atoms with Gasteiger partial charge in [0.1, 0.15) is 11.6 Å². The number of nitrogens with zero attached hydrogens (tertiary/aromatic N) is 2. The molecule has 0 aromatic heterocycles. The van der Waals surface area contributed by atoms with Gasteiger partial charge in [-0.3, -0.25) is 15.2 Å². The molecule has 1 atom stereocenters. The van der Waals surface area contributed by atoms with E-state index in [2.05, 4.69) is 29.7 Å². The van der Waals surface area contributed by atoms with Gasteiger partial charge in [-0.25, -0.2) is 0 Å². The molecule has 0 amide bonds. The first-order chi connectivity index (χ1) is 10.0. The molecule has 1 fully saturated rings. The molecular formula is C16H26N4O. The van der Waals surface area contributed by atoms with Gasteiger partial charge in [0.25, 0.3) is 0 Å². The first-order valence-electron chi connectivity index (χ1n) is 7.52. The fraction of sp³-hybridized carbons (Fsp3) is 0.562. The van der Waals surface area contributed by atoms with Crippen molar-refractivity contribution in [2.45, 2.75) is 26.4 Å². The number of nitrogen functional groups attached to an aromatic ring is 1. The van der Waals surface area contributed by atoms with Gasteiger partial charge in [-0.2, -0.15) is 0 Å². The molecule has 21 heavy (non-hydrogen) atoms. The van der Waals surface area contributed by atoms with E-state index >= 15 is 0 Å². The van der Waals surface area contributed by atoms with Gasteiger partial charge in [-0.05, 0) is 31.2 Å². The number of rotatable bonds is 5. The summed E-state index contributed by atoms with van der Waals surface area (Å²) in [5.74, 6) is 0.716. The van der Waals surface area contributed by atoms with Crippen LogP contribution in [0.1, 0.15) is 25.0 Å². The fourth-order valence-electron chi connectivity index (χ4n) is 3.01. The van der Waals surface area contributed by atoms with Crippen molar-refractivity contribution in [3.05, 3.63) is 29.3 Å². The second kappa shape index (κ2) is 6.91. The standard InChI is InChI=1S/C16H26N4O/c1-4-20-8-7-19(10-12(20)2)11-13-5-6-15(21-3)14(9-13)16(17)18/h5-6,9,12H,4,7-8,10-11H2,1-3H3,(H3,17,18). The van der Waals surface area contributed by atoms with Crippen molar-refractivity contribution >= 4 is 5.84 Å². The van der Waals surface area contributed by atoms with Crippen LogP contribution in [0.5, 0.6) is 5.75 Å². The Morgan fingerprint density at radius 2 is 2.19 bits per heavy atom. The maximum atomic E-state index is 7.66. The Bertz CT molecular complexity index is 503. The number of hydrogen-bond donors (Lipinski definition) is 2. The van der Waals surface area contributed by atoms with Gasteiger partial charge >= 0.3 is 0 Å². The number of nitrogens with two attached hydrogens (primary N) is 1. The van der Waals surface area contributed by atoms with Gasteiger partial charge in [0.2, 0.25) is 0 Å². The topological polar surface area (TPSA) is 65.6 Å². The second-order valence-electron chi connectivity index (χ2n) is 5.66. The van der Waals surface area contributed by atoms with Crippen LogP contribution in [0.15, 0.2) is 18.2 Å². The molecule has 1 heterocycles. The first kappa shape index (κ1) is 15.8. The van der Waals surface area contributed by atoms with Gasteiger partial charge in [0, 0.05) is 32.2 Å². The molecule has 1 aromatic rings. The van der Waals surface area contributed by atoms with E-state index in [0.717, 1.165) is 32.7 Å². The van der Waals surface area contributed by atoms with Crippen LogP contribution in [-0.2, 0) is 6.54 Å². The molecule has 0 saturated carbocycles. The predicted molar refractivity (Wildman–Crippen MR) is 86.0 cm³/mol. The largest absolute Gasteiger partial charge is 0.496 e. The zero-order valence-electron chi connectivity index (χ0n) is 13.2. The number of hydrogen-bond acceptors (Lipinski definition) is 4. The molecule has 0 spiro atoms. The highest BCUT2D eigenvalue weighted by molar-refractivity contribution is 5.97. The molecule has 1 unspecified atom stereocenters. The van der Waals surface area contributed by atoms with E-state index < -0.39 is 0 Å². The maximum absolute atomic E-state index is 7.66. The van der Waals surface area contributed by atoms with Crippen molar-refractivity contribution < 1.29 is 4.74 Å². The second-order valence-corrected chi connectivity index (χ2v) is 5.66. The van der Waals surface area contributed by atoms with Crippen LogP contribution in [-0.4, -0.2) is 55.0 Å². The normalized spacial score (nSPS) is 20.4. The summed E-state index contributed by atoms with van der Waals surface area (Å²) in [6.07, 6.45) is 0. The van der Waals surface area contributed by atoms with Crippen molar-refractivity contribution in [3.63, 3.8) is 0 Å². The van der Waals surface area contributed by atoms with Gasteiger partial charge < -0.3 is 10.5 Å². The number of amidine groups is 1. The molecule has 1 aliphatic rings. The van der Waals surface area contributed by atoms with E-state index in [1.165, 1.54) is 5.56 Å². The minimum absolute atomic E-state index is 0.0536. The molecule has 1 aliphatic heterocycles. The smallest absolute Gasteiger partial charge is 0.129 e. The third-order valence-electron chi connectivity index (χ3n) is 4.22. The van der Waals surface area contributed by atoms with Crippen LogP contribution in [0.25, 0.3) is 0 Å². The Balaban J connectivity index is 2.07. The predicted octanol–water partition coefficient (Wildman–Crippen LogP) is 1.51. The molecule has 1 saturated heterocycles. The monoisotopic (exact) mass is 290 g/mol. The van der Waals surface area contributed by atoms with Crippen molar-refractivity contribution in [2.24, 2.45) is 5.73 Å². The number of nitrogens with one attached hydrogen (secondary N) is 1. The molecule has 2 rings (SSSR count). The fourth-order valence-corrected chi connectivity index (χ4v) is 3.01. The summed E-state index contributed by atoms with van der Waals surface area (Å²) >= 11 is 0. The quantitative estimate of drug-likeness (QED) is 0.637. The van der Waals surface area contributed by atoms with Gasteiger partial charge in [0.15, 0.2) is 0 Å². The molecule has 5 heteroatoms. The lowest BCUT2D eigenvalue weighted by Crippen LogP contribution is -2.51. The van der Waals surface area contributed by atoms with Crippen LogP contribution in [0.3, 0.4) is 0 Å². The number of methoxy groups -OCH3 is 1. The molecule has 1 aromatic carbocycles. The molecule has 3 N–H and O–H groups in total. The highest BCUT2D eigenvalue weighted by Gasteiger charge is 2.22. The lowest BCUT2D eigenvalue weighted by atomic mass is 10.1. The van der Waals surface area contributed by atoms with E-state index in [1.54, 1.807) is 7.11 Å². The molecule has 5 nitrogen and oxygen atoms in total. The highest BCUT2D eigenvalue weighted by Crippen LogP contribution is 2.21. The Morgan fingerprint density at radius 3 is 2.76 bits per heavy atom. The summed E-state index contributed by atoms with van der Waals surface area (Å²) < 4.78 is 5.26.